The highest BCUT2D eigenvalue weighted by atomic mass is 35.5. The lowest BCUT2D eigenvalue weighted by atomic mass is 10.1. The maximum Gasteiger partial charge on any atom is 0.252 e. The molecule has 18 heavy (non-hydrogen) atoms. The van der Waals surface area contributed by atoms with E-state index in [9.17, 15) is 4.79 Å². The van der Waals surface area contributed by atoms with E-state index in [1.807, 2.05) is 26.0 Å². The molecule has 0 aliphatic carbocycles. The Labute approximate surface area is 111 Å². The van der Waals surface area contributed by atoms with Crippen molar-refractivity contribution in [3.63, 3.8) is 0 Å². The third-order valence-corrected chi connectivity index (χ3v) is 2.86. The molecule has 3 heteroatoms. The molecule has 0 atom stereocenters. The van der Waals surface area contributed by atoms with E-state index < -0.39 is 5.24 Å². The van der Waals surface area contributed by atoms with Crippen LogP contribution in [0.5, 0.6) is 11.5 Å². The van der Waals surface area contributed by atoms with Crippen molar-refractivity contribution in [1.29, 1.82) is 0 Å². The third-order valence-electron chi connectivity index (χ3n) is 2.64. The fourth-order valence-corrected chi connectivity index (χ4v) is 1.82. The largest absolute Gasteiger partial charge is 0.457 e. The van der Waals surface area contributed by atoms with Gasteiger partial charge in [0.1, 0.15) is 11.5 Å². The zero-order chi connectivity index (χ0) is 13.1. The van der Waals surface area contributed by atoms with Crippen LogP contribution in [0.25, 0.3) is 0 Å². The summed E-state index contributed by atoms with van der Waals surface area (Å²) in [6.07, 6.45) is 0. The normalized spacial score (nSPS) is 10.2. The summed E-state index contributed by atoms with van der Waals surface area (Å²) in [4.78, 5) is 10.9. The van der Waals surface area contributed by atoms with E-state index in [0.717, 1.165) is 11.3 Å². The average molecular weight is 261 g/mol. The maximum absolute atomic E-state index is 10.9. The minimum Gasteiger partial charge on any atom is -0.457 e. The molecule has 0 bridgehead atoms. The number of aryl methyl sites for hydroxylation is 2. The average Bonchev–Trinajstić information content (AvgIpc) is 2.33. The number of carbonyl (C=O) groups is 1. The number of rotatable bonds is 3. The smallest absolute Gasteiger partial charge is 0.252 e. The van der Waals surface area contributed by atoms with Crippen LogP contribution in [0.3, 0.4) is 0 Å². The molecule has 2 aromatic carbocycles. The van der Waals surface area contributed by atoms with Crippen LogP contribution in [-0.2, 0) is 0 Å². The molecule has 0 saturated heterocycles. The monoisotopic (exact) mass is 260 g/mol. The summed E-state index contributed by atoms with van der Waals surface area (Å²) in [6.45, 7) is 4.04. The van der Waals surface area contributed by atoms with E-state index in [1.165, 1.54) is 5.56 Å². The Morgan fingerprint density at radius 3 is 2.28 bits per heavy atom. The van der Waals surface area contributed by atoms with Gasteiger partial charge in [-0.3, -0.25) is 4.79 Å². The van der Waals surface area contributed by atoms with Crippen LogP contribution in [0.2, 0.25) is 0 Å². The predicted octanol–water partition coefficient (Wildman–Crippen LogP) is 4.47. The summed E-state index contributed by atoms with van der Waals surface area (Å²) in [5.74, 6) is 1.49. The molecule has 2 aromatic rings. The standard InChI is InChI=1S/C15H13ClO2/c1-10-3-8-14(11(2)9-10)18-13-6-4-12(5-7-13)15(16)17/h3-9H,1-2H3. The molecule has 0 fully saturated rings. The van der Waals surface area contributed by atoms with Crippen LogP contribution in [0.1, 0.15) is 21.5 Å². The van der Waals surface area contributed by atoms with E-state index in [2.05, 4.69) is 6.07 Å². The summed E-state index contributed by atoms with van der Waals surface area (Å²) in [5.41, 5.74) is 2.74. The minimum absolute atomic E-state index is 0.463. The highest BCUT2D eigenvalue weighted by molar-refractivity contribution is 6.67. The minimum atomic E-state index is -0.465. The van der Waals surface area contributed by atoms with Crippen molar-refractivity contribution in [3.05, 3.63) is 59.2 Å². The molecule has 0 N–H and O–H groups in total. The third kappa shape index (κ3) is 2.90. The van der Waals surface area contributed by atoms with Crippen LogP contribution in [0.15, 0.2) is 42.5 Å². The van der Waals surface area contributed by atoms with E-state index in [1.54, 1.807) is 24.3 Å². The highest BCUT2D eigenvalue weighted by Crippen LogP contribution is 2.26. The number of carbonyl (C=O) groups excluding carboxylic acids is 1. The molecule has 0 aromatic heterocycles. The quantitative estimate of drug-likeness (QED) is 0.761. The first-order valence-electron chi connectivity index (χ1n) is 5.61. The second-order valence-corrected chi connectivity index (χ2v) is 4.51. The van der Waals surface area contributed by atoms with Gasteiger partial charge in [0.25, 0.3) is 5.24 Å². The van der Waals surface area contributed by atoms with Gasteiger partial charge in [0.05, 0.1) is 0 Å². The van der Waals surface area contributed by atoms with Crippen molar-refractivity contribution in [1.82, 2.24) is 0 Å². The van der Waals surface area contributed by atoms with Crippen molar-refractivity contribution in [2.75, 3.05) is 0 Å². The Bertz CT molecular complexity index is 574. The Morgan fingerprint density at radius 1 is 1.06 bits per heavy atom. The van der Waals surface area contributed by atoms with E-state index in [0.29, 0.717) is 11.3 Å². The first-order chi connectivity index (χ1) is 8.56. The summed E-state index contributed by atoms with van der Waals surface area (Å²) in [6, 6.07) is 12.8. The van der Waals surface area contributed by atoms with Crippen molar-refractivity contribution in [2.24, 2.45) is 0 Å². The molecule has 2 nitrogen and oxygen atoms in total. The molecule has 0 unspecified atom stereocenters. The maximum atomic E-state index is 10.9. The van der Waals surface area contributed by atoms with Crippen molar-refractivity contribution < 1.29 is 9.53 Å². The highest BCUT2D eigenvalue weighted by Gasteiger charge is 2.04. The Kier molecular flexibility index (Phi) is 3.68. The van der Waals surface area contributed by atoms with Crippen molar-refractivity contribution >= 4 is 16.8 Å². The molecular weight excluding hydrogens is 248 g/mol. The Hall–Kier alpha value is -1.80. The predicted molar refractivity (Wildman–Crippen MR) is 72.6 cm³/mol. The zero-order valence-corrected chi connectivity index (χ0v) is 11.0. The molecule has 92 valence electrons. The van der Waals surface area contributed by atoms with Gasteiger partial charge < -0.3 is 4.74 Å². The van der Waals surface area contributed by atoms with Crippen LogP contribution in [0, 0.1) is 13.8 Å². The molecule has 0 aliphatic heterocycles. The first-order valence-corrected chi connectivity index (χ1v) is 5.99. The lowest BCUT2D eigenvalue weighted by Gasteiger charge is -2.09. The van der Waals surface area contributed by atoms with Gasteiger partial charge in [0, 0.05) is 5.56 Å². The SMILES string of the molecule is Cc1ccc(Oc2ccc(C(=O)Cl)cc2)c(C)c1. The topological polar surface area (TPSA) is 26.3 Å². The van der Waals surface area contributed by atoms with E-state index >= 15 is 0 Å². The van der Waals surface area contributed by atoms with Gasteiger partial charge in [-0.15, -0.1) is 0 Å². The fraction of sp³-hybridized carbons (Fsp3) is 0.133. The van der Waals surface area contributed by atoms with Crippen LogP contribution in [-0.4, -0.2) is 5.24 Å². The molecule has 0 spiro atoms. The summed E-state index contributed by atoms with van der Waals surface area (Å²) in [7, 11) is 0. The number of halogens is 1. The van der Waals surface area contributed by atoms with Gasteiger partial charge in [-0.1, -0.05) is 17.7 Å². The fourth-order valence-electron chi connectivity index (χ4n) is 1.69. The van der Waals surface area contributed by atoms with Crippen molar-refractivity contribution in [2.45, 2.75) is 13.8 Å². The number of benzene rings is 2. The lowest BCUT2D eigenvalue weighted by molar-refractivity contribution is 0.108. The summed E-state index contributed by atoms with van der Waals surface area (Å²) >= 11 is 5.38. The van der Waals surface area contributed by atoms with Gasteiger partial charge in [0.15, 0.2) is 0 Å². The van der Waals surface area contributed by atoms with Gasteiger partial charge >= 0.3 is 0 Å². The van der Waals surface area contributed by atoms with Crippen LogP contribution >= 0.6 is 11.6 Å². The molecule has 0 heterocycles. The number of ether oxygens (including phenoxy) is 1. The number of hydrogen-bond donors (Lipinski definition) is 0. The van der Waals surface area contributed by atoms with Crippen LogP contribution in [0.4, 0.5) is 0 Å². The molecular formula is C15H13ClO2. The van der Waals surface area contributed by atoms with Crippen LogP contribution < -0.4 is 4.74 Å². The van der Waals surface area contributed by atoms with Gasteiger partial charge in [0.2, 0.25) is 0 Å². The Balaban J connectivity index is 2.21. The lowest BCUT2D eigenvalue weighted by Crippen LogP contribution is -1.91. The second kappa shape index (κ2) is 5.23. The van der Waals surface area contributed by atoms with Gasteiger partial charge in [-0.2, -0.15) is 0 Å². The van der Waals surface area contributed by atoms with Crippen molar-refractivity contribution in [3.8, 4) is 11.5 Å². The van der Waals surface area contributed by atoms with E-state index in [-0.39, 0.29) is 0 Å². The van der Waals surface area contributed by atoms with E-state index in [4.69, 9.17) is 16.3 Å². The molecule has 0 aliphatic rings. The van der Waals surface area contributed by atoms with Gasteiger partial charge in [-0.05, 0) is 61.3 Å². The molecule has 0 amide bonds. The summed E-state index contributed by atoms with van der Waals surface area (Å²) in [5, 5.41) is -0.465. The summed E-state index contributed by atoms with van der Waals surface area (Å²) < 4.78 is 5.74. The molecule has 0 radical (unpaired) electrons. The number of hydrogen-bond acceptors (Lipinski definition) is 2. The molecule has 0 saturated carbocycles. The zero-order valence-electron chi connectivity index (χ0n) is 10.2. The Morgan fingerprint density at radius 2 is 1.72 bits per heavy atom. The first kappa shape index (κ1) is 12.7. The molecule has 2 rings (SSSR count). The van der Waals surface area contributed by atoms with Gasteiger partial charge in [-0.25, -0.2) is 0 Å². The second-order valence-electron chi connectivity index (χ2n) is 4.17.